The predicted octanol–water partition coefficient (Wildman–Crippen LogP) is 4.07. The maximum atomic E-state index is 13.2. The number of aryl methyl sites for hydroxylation is 2. The van der Waals surface area contributed by atoms with E-state index in [1.807, 2.05) is 44.2 Å². The number of aromatic nitrogens is 3. The molecule has 1 aromatic carbocycles. The average molecular weight is 478 g/mol. The Balaban J connectivity index is 1.30. The first kappa shape index (κ1) is 25.2. The van der Waals surface area contributed by atoms with Crippen LogP contribution in [-0.4, -0.2) is 51.3 Å². The molecule has 4 rings (SSSR count). The SMILES string of the molecule is Cc1c2cnn(-c3ccccc3)c(=O)c2c(C)n1CCCC(=O)NCCCN1C[C@@H](C)C[C@H](C)C1. The lowest BCUT2D eigenvalue weighted by Crippen LogP contribution is -2.40. The van der Waals surface area contributed by atoms with E-state index in [0.29, 0.717) is 18.4 Å². The van der Waals surface area contributed by atoms with Crippen LogP contribution in [-0.2, 0) is 11.3 Å². The second kappa shape index (κ2) is 11.2. The molecule has 0 saturated carbocycles. The first-order valence-corrected chi connectivity index (χ1v) is 13.0. The monoisotopic (exact) mass is 477 g/mol. The summed E-state index contributed by atoms with van der Waals surface area (Å²) < 4.78 is 3.60. The van der Waals surface area contributed by atoms with Gasteiger partial charge in [-0.15, -0.1) is 0 Å². The van der Waals surface area contributed by atoms with Gasteiger partial charge in [0.2, 0.25) is 5.91 Å². The number of carbonyl (C=O) groups is 1. The van der Waals surface area contributed by atoms with Gasteiger partial charge in [-0.3, -0.25) is 9.59 Å². The van der Waals surface area contributed by atoms with Crippen molar-refractivity contribution in [2.45, 2.75) is 59.9 Å². The highest BCUT2D eigenvalue weighted by Crippen LogP contribution is 2.23. The molecule has 7 heteroatoms. The third-order valence-electron chi connectivity index (χ3n) is 7.24. The molecule has 1 fully saturated rings. The Morgan fingerprint density at radius 1 is 1.03 bits per heavy atom. The molecule has 2 atom stereocenters. The van der Waals surface area contributed by atoms with E-state index in [-0.39, 0.29) is 11.5 Å². The van der Waals surface area contributed by atoms with E-state index in [2.05, 4.69) is 33.7 Å². The summed E-state index contributed by atoms with van der Waals surface area (Å²) >= 11 is 0. The van der Waals surface area contributed by atoms with Crippen LogP contribution in [0, 0.1) is 25.7 Å². The van der Waals surface area contributed by atoms with Gasteiger partial charge in [0.25, 0.3) is 5.56 Å². The molecule has 1 saturated heterocycles. The fourth-order valence-electron chi connectivity index (χ4n) is 5.69. The minimum atomic E-state index is -0.108. The zero-order chi connectivity index (χ0) is 24.9. The van der Waals surface area contributed by atoms with Crippen molar-refractivity contribution in [1.82, 2.24) is 24.6 Å². The highest BCUT2D eigenvalue weighted by Gasteiger charge is 2.21. The van der Waals surface area contributed by atoms with Gasteiger partial charge in [-0.25, -0.2) is 0 Å². The highest BCUT2D eigenvalue weighted by atomic mass is 16.1. The molecule has 1 aliphatic heterocycles. The maximum Gasteiger partial charge on any atom is 0.281 e. The van der Waals surface area contributed by atoms with E-state index in [1.165, 1.54) is 24.2 Å². The van der Waals surface area contributed by atoms with Crippen LogP contribution >= 0.6 is 0 Å². The predicted molar refractivity (Wildman–Crippen MR) is 141 cm³/mol. The third kappa shape index (κ3) is 5.84. The Kier molecular flexibility index (Phi) is 8.06. The fourth-order valence-corrected chi connectivity index (χ4v) is 5.69. The molecule has 0 unspecified atom stereocenters. The quantitative estimate of drug-likeness (QED) is 0.472. The van der Waals surface area contributed by atoms with Crippen LogP contribution in [0.3, 0.4) is 0 Å². The number of hydrogen-bond donors (Lipinski definition) is 1. The minimum Gasteiger partial charge on any atom is -0.356 e. The Bertz CT molecular complexity index is 1200. The van der Waals surface area contributed by atoms with Crippen molar-refractivity contribution in [3.8, 4) is 5.69 Å². The van der Waals surface area contributed by atoms with Crippen molar-refractivity contribution in [2.75, 3.05) is 26.2 Å². The van der Waals surface area contributed by atoms with E-state index in [0.717, 1.165) is 60.2 Å². The molecule has 3 aromatic rings. The van der Waals surface area contributed by atoms with Gasteiger partial charge >= 0.3 is 0 Å². The van der Waals surface area contributed by atoms with Crippen molar-refractivity contribution in [3.05, 3.63) is 58.3 Å². The van der Waals surface area contributed by atoms with Crippen LogP contribution in [0.4, 0.5) is 0 Å². The van der Waals surface area contributed by atoms with Crippen molar-refractivity contribution in [2.24, 2.45) is 11.8 Å². The molecule has 2 aromatic heterocycles. The molecular weight excluding hydrogens is 438 g/mol. The lowest BCUT2D eigenvalue weighted by molar-refractivity contribution is -0.121. The molecular formula is C28H39N5O2. The number of carbonyl (C=O) groups excluding carboxylic acids is 1. The molecule has 1 amide bonds. The molecule has 1 aliphatic rings. The maximum absolute atomic E-state index is 13.2. The number of rotatable bonds is 9. The summed E-state index contributed by atoms with van der Waals surface area (Å²) in [5, 5.41) is 9.07. The highest BCUT2D eigenvalue weighted by molar-refractivity contribution is 5.87. The number of benzene rings is 1. The number of hydrogen-bond acceptors (Lipinski definition) is 4. The first-order valence-electron chi connectivity index (χ1n) is 13.0. The van der Waals surface area contributed by atoms with Crippen molar-refractivity contribution < 1.29 is 4.79 Å². The molecule has 0 spiro atoms. The summed E-state index contributed by atoms with van der Waals surface area (Å²) in [6, 6.07) is 9.48. The molecule has 35 heavy (non-hydrogen) atoms. The zero-order valence-electron chi connectivity index (χ0n) is 21.6. The van der Waals surface area contributed by atoms with Crippen molar-refractivity contribution in [1.29, 1.82) is 0 Å². The summed E-state index contributed by atoms with van der Waals surface area (Å²) in [7, 11) is 0. The Labute approximate surface area is 208 Å². The zero-order valence-corrected chi connectivity index (χ0v) is 21.6. The van der Waals surface area contributed by atoms with E-state index < -0.39 is 0 Å². The number of nitrogens with one attached hydrogen (secondary N) is 1. The van der Waals surface area contributed by atoms with Gasteiger partial charge in [0.05, 0.1) is 17.3 Å². The fraction of sp³-hybridized carbons (Fsp3) is 0.536. The molecule has 3 heterocycles. The standard InChI is InChI=1S/C28H39N5O2/c1-20-16-21(2)19-31(18-20)14-9-13-29-26(34)12-8-15-32-22(3)25-17-30-33(24-10-6-5-7-11-24)28(35)27(25)23(32)4/h5-7,10-11,17,20-21H,8-9,12-16,18-19H2,1-4H3,(H,29,34)/t20-,21-/m0/s1. The topological polar surface area (TPSA) is 72.2 Å². The van der Waals surface area contributed by atoms with Crippen LogP contribution in [0.25, 0.3) is 16.5 Å². The molecule has 0 aliphatic carbocycles. The summed E-state index contributed by atoms with van der Waals surface area (Å²) in [5.41, 5.74) is 2.60. The molecule has 7 nitrogen and oxygen atoms in total. The van der Waals surface area contributed by atoms with Gasteiger partial charge < -0.3 is 14.8 Å². The van der Waals surface area contributed by atoms with Gasteiger partial charge in [0, 0.05) is 49.4 Å². The number of para-hydroxylation sites is 1. The summed E-state index contributed by atoms with van der Waals surface area (Å²) in [5.74, 6) is 1.63. The van der Waals surface area contributed by atoms with E-state index in [4.69, 9.17) is 0 Å². The number of amides is 1. The van der Waals surface area contributed by atoms with Crippen molar-refractivity contribution in [3.63, 3.8) is 0 Å². The molecule has 1 N–H and O–H groups in total. The van der Waals surface area contributed by atoms with Gasteiger partial charge in [-0.2, -0.15) is 9.78 Å². The van der Waals surface area contributed by atoms with E-state index in [1.54, 1.807) is 6.20 Å². The Morgan fingerprint density at radius 2 is 1.74 bits per heavy atom. The average Bonchev–Trinajstić information content (AvgIpc) is 3.07. The van der Waals surface area contributed by atoms with Gasteiger partial charge in [0.1, 0.15) is 0 Å². The number of piperidine rings is 1. The first-order chi connectivity index (χ1) is 16.8. The van der Waals surface area contributed by atoms with Gasteiger partial charge in [-0.05, 0) is 63.6 Å². The molecule has 188 valence electrons. The van der Waals surface area contributed by atoms with E-state index in [9.17, 15) is 9.59 Å². The lowest BCUT2D eigenvalue weighted by atomic mass is 9.92. The summed E-state index contributed by atoms with van der Waals surface area (Å²) in [4.78, 5) is 28.1. The summed E-state index contributed by atoms with van der Waals surface area (Å²) in [6.45, 7) is 13.5. The van der Waals surface area contributed by atoms with Gasteiger partial charge in [-0.1, -0.05) is 32.0 Å². The normalized spacial score (nSPS) is 18.7. The Morgan fingerprint density at radius 3 is 2.46 bits per heavy atom. The second-order valence-corrected chi connectivity index (χ2v) is 10.3. The lowest BCUT2D eigenvalue weighted by Gasteiger charge is -2.34. The van der Waals surface area contributed by atoms with Crippen molar-refractivity contribution >= 4 is 16.7 Å². The van der Waals surface area contributed by atoms with Crippen LogP contribution in [0.5, 0.6) is 0 Å². The van der Waals surface area contributed by atoms with Crippen LogP contribution in [0.1, 0.15) is 50.9 Å². The van der Waals surface area contributed by atoms with E-state index >= 15 is 0 Å². The largest absolute Gasteiger partial charge is 0.356 e. The smallest absolute Gasteiger partial charge is 0.281 e. The third-order valence-corrected chi connectivity index (χ3v) is 7.24. The molecule has 0 radical (unpaired) electrons. The molecule has 0 bridgehead atoms. The Hall–Kier alpha value is -2.93. The van der Waals surface area contributed by atoms with Crippen LogP contribution < -0.4 is 10.9 Å². The van der Waals surface area contributed by atoms with Crippen LogP contribution in [0.15, 0.2) is 41.3 Å². The number of nitrogens with zero attached hydrogens (tertiary/aromatic N) is 4. The minimum absolute atomic E-state index is 0.102. The number of likely N-dealkylation sites (tertiary alicyclic amines) is 1. The summed E-state index contributed by atoms with van der Waals surface area (Å²) in [6.07, 6.45) is 5.31. The van der Waals surface area contributed by atoms with Gasteiger partial charge in [0.15, 0.2) is 0 Å². The van der Waals surface area contributed by atoms with Crippen LogP contribution in [0.2, 0.25) is 0 Å². The second-order valence-electron chi connectivity index (χ2n) is 10.3. The number of fused-ring (bicyclic) bond motifs is 1.